The van der Waals surface area contributed by atoms with Gasteiger partial charge in [-0.1, -0.05) is 24.3 Å². The molecule has 0 fully saturated rings. The van der Waals surface area contributed by atoms with Gasteiger partial charge in [0.05, 0.1) is 19.6 Å². The van der Waals surface area contributed by atoms with Crippen molar-refractivity contribution in [3.8, 4) is 0 Å². The molecule has 2 heterocycles. The molecule has 3 aromatic rings. The highest BCUT2D eigenvalue weighted by Crippen LogP contribution is 2.21. The van der Waals surface area contributed by atoms with Crippen LogP contribution in [-0.2, 0) is 18.7 Å². The van der Waals surface area contributed by atoms with E-state index in [0.29, 0.717) is 19.0 Å². The van der Waals surface area contributed by atoms with Gasteiger partial charge in [-0.25, -0.2) is 4.99 Å². The molecule has 3 N–H and O–H groups in total. The molecule has 0 amide bonds. The molecular formula is C21H27N5OS. The lowest BCUT2D eigenvalue weighted by Crippen LogP contribution is -2.44. The van der Waals surface area contributed by atoms with E-state index in [1.807, 2.05) is 53.7 Å². The second-order valence-corrected chi connectivity index (χ2v) is 7.64. The predicted octanol–water partition coefficient (Wildman–Crippen LogP) is 2.96. The molecule has 1 unspecified atom stereocenters. The largest absolute Gasteiger partial charge is 0.384 e. The first kappa shape index (κ1) is 20.1. The summed E-state index contributed by atoms with van der Waals surface area (Å²) in [4.78, 5) is 4.67. The first-order valence-electron chi connectivity index (χ1n) is 9.39. The molecule has 0 bridgehead atoms. The van der Waals surface area contributed by atoms with Crippen molar-refractivity contribution in [2.45, 2.75) is 32.5 Å². The Morgan fingerprint density at radius 2 is 2.11 bits per heavy atom. The van der Waals surface area contributed by atoms with E-state index in [4.69, 9.17) is 0 Å². The number of aliphatic imine (C=N–C) groups is 1. The standard InChI is InChI=1S/C21H27N5OS/c1-3-22-20(24-16-21(2,27)19-8-11-28-15-19)23-13-17-6-4-7-18(12-17)14-26-10-5-9-25-26/h4-12,15,27H,3,13-14,16H2,1-2H3,(H2,22,23,24). The van der Waals surface area contributed by atoms with Gasteiger partial charge in [-0.3, -0.25) is 4.68 Å². The van der Waals surface area contributed by atoms with E-state index in [0.717, 1.165) is 24.2 Å². The van der Waals surface area contributed by atoms with E-state index in [1.165, 1.54) is 5.56 Å². The Morgan fingerprint density at radius 3 is 2.82 bits per heavy atom. The zero-order valence-corrected chi connectivity index (χ0v) is 17.1. The van der Waals surface area contributed by atoms with E-state index in [2.05, 4.69) is 38.9 Å². The van der Waals surface area contributed by atoms with Crippen molar-refractivity contribution < 1.29 is 5.11 Å². The van der Waals surface area contributed by atoms with Gasteiger partial charge in [-0.05, 0) is 53.4 Å². The molecule has 0 saturated carbocycles. The zero-order chi connectivity index (χ0) is 19.8. The Labute approximate surface area is 170 Å². The number of rotatable bonds is 8. The van der Waals surface area contributed by atoms with Gasteiger partial charge in [0.15, 0.2) is 5.96 Å². The minimum absolute atomic E-state index is 0.384. The molecule has 0 aliphatic rings. The van der Waals surface area contributed by atoms with Crippen molar-refractivity contribution in [1.82, 2.24) is 20.4 Å². The molecule has 7 heteroatoms. The third kappa shape index (κ3) is 5.68. The number of nitrogens with one attached hydrogen (secondary N) is 2. The van der Waals surface area contributed by atoms with Crippen molar-refractivity contribution in [2.75, 3.05) is 13.1 Å². The summed E-state index contributed by atoms with van der Waals surface area (Å²) in [5.41, 5.74) is 2.29. The highest BCUT2D eigenvalue weighted by Gasteiger charge is 2.23. The molecule has 6 nitrogen and oxygen atoms in total. The number of aromatic nitrogens is 2. The first-order chi connectivity index (χ1) is 13.6. The molecule has 0 radical (unpaired) electrons. The number of thiophene rings is 1. The molecular weight excluding hydrogens is 370 g/mol. The van der Waals surface area contributed by atoms with E-state index < -0.39 is 5.60 Å². The Kier molecular flexibility index (Phi) is 6.84. The van der Waals surface area contributed by atoms with Crippen molar-refractivity contribution in [2.24, 2.45) is 4.99 Å². The molecule has 1 aromatic carbocycles. The summed E-state index contributed by atoms with van der Waals surface area (Å²) in [7, 11) is 0. The SMILES string of the molecule is CCNC(=NCc1cccc(Cn2cccn2)c1)NCC(C)(O)c1ccsc1. The molecule has 0 saturated heterocycles. The van der Waals surface area contributed by atoms with Gasteiger partial charge in [0.2, 0.25) is 0 Å². The Balaban J connectivity index is 1.62. The average Bonchev–Trinajstić information content (AvgIpc) is 3.39. The van der Waals surface area contributed by atoms with Crippen LogP contribution in [0.15, 0.2) is 64.5 Å². The summed E-state index contributed by atoms with van der Waals surface area (Å²) < 4.78 is 1.90. The first-order valence-corrected chi connectivity index (χ1v) is 10.3. The van der Waals surface area contributed by atoms with Crippen LogP contribution in [0.25, 0.3) is 0 Å². The third-order valence-electron chi connectivity index (χ3n) is 4.40. The Morgan fingerprint density at radius 1 is 1.25 bits per heavy atom. The second-order valence-electron chi connectivity index (χ2n) is 6.86. The lowest BCUT2D eigenvalue weighted by molar-refractivity contribution is 0.0621. The number of benzene rings is 1. The third-order valence-corrected chi connectivity index (χ3v) is 5.09. The summed E-state index contributed by atoms with van der Waals surface area (Å²) in [6.45, 7) is 6.28. The van der Waals surface area contributed by atoms with Gasteiger partial charge >= 0.3 is 0 Å². The van der Waals surface area contributed by atoms with Gasteiger partial charge in [0.1, 0.15) is 5.60 Å². The number of hydrogen-bond donors (Lipinski definition) is 3. The molecule has 2 aromatic heterocycles. The van der Waals surface area contributed by atoms with E-state index in [9.17, 15) is 5.11 Å². The number of aliphatic hydroxyl groups is 1. The van der Waals surface area contributed by atoms with Crippen LogP contribution in [0.4, 0.5) is 0 Å². The van der Waals surface area contributed by atoms with Gasteiger partial charge < -0.3 is 15.7 Å². The van der Waals surface area contributed by atoms with Crippen LogP contribution in [0.5, 0.6) is 0 Å². The van der Waals surface area contributed by atoms with Crippen LogP contribution < -0.4 is 10.6 Å². The predicted molar refractivity (Wildman–Crippen MR) is 114 cm³/mol. The highest BCUT2D eigenvalue weighted by molar-refractivity contribution is 7.08. The molecule has 0 aliphatic heterocycles. The number of nitrogens with zero attached hydrogens (tertiary/aromatic N) is 3. The monoisotopic (exact) mass is 397 g/mol. The lowest BCUT2D eigenvalue weighted by atomic mass is 9.99. The quantitative estimate of drug-likeness (QED) is 0.404. The van der Waals surface area contributed by atoms with Crippen LogP contribution in [0.3, 0.4) is 0 Å². The minimum Gasteiger partial charge on any atom is -0.384 e. The average molecular weight is 398 g/mol. The maximum Gasteiger partial charge on any atom is 0.191 e. The van der Waals surface area contributed by atoms with Crippen LogP contribution in [0.2, 0.25) is 0 Å². The number of hydrogen-bond acceptors (Lipinski definition) is 4. The molecule has 0 aliphatic carbocycles. The van der Waals surface area contributed by atoms with Crippen molar-refractivity contribution in [1.29, 1.82) is 0 Å². The summed E-state index contributed by atoms with van der Waals surface area (Å²) in [6.07, 6.45) is 3.74. The topological polar surface area (TPSA) is 74.5 Å². The second kappa shape index (κ2) is 9.52. The summed E-state index contributed by atoms with van der Waals surface area (Å²) in [6, 6.07) is 12.2. The fourth-order valence-electron chi connectivity index (χ4n) is 2.85. The highest BCUT2D eigenvalue weighted by atomic mass is 32.1. The molecule has 0 spiro atoms. The van der Waals surface area contributed by atoms with E-state index in [1.54, 1.807) is 17.5 Å². The Hall–Kier alpha value is -2.64. The van der Waals surface area contributed by atoms with E-state index in [-0.39, 0.29) is 0 Å². The maximum absolute atomic E-state index is 10.7. The van der Waals surface area contributed by atoms with Crippen molar-refractivity contribution in [3.63, 3.8) is 0 Å². The van der Waals surface area contributed by atoms with Crippen LogP contribution in [0, 0.1) is 0 Å². The normalized spacial score (nSPS) is 13.9. The zero-order valence-electron chi connectivity index (χ0n) is 16.3. The van der Waals surface area contributed by atoms with Crippen LogP contribution in [0.1, 0.15) is 30.5 Å². The van der Waals surface area contributed by atoms with E-state index >= 15 is 0 Å². The minimum atomic E-state index is -0.945. The molecule has 28 heavy (non-hydrogen) atoms. The number of guanidine groups is 1. The van der Waals surface area contributed by atoms with Gasteiger partial charge in [-0.2, -0.15) is 16.4 Å². The van der Waals surface area contributed by atoms with Gasteiger partial charge in [0.25, 0.3) is 0 Å². The summed E-state index contributed by atoms with van der Waals surface area (Å²) >= 11 is 1.58. The Bertz CT molecular complexity index is 872. The van der Waals surface area contributed by atoms with Gasteiger partial charge in [0, 0.05) is 18.9 Å². The molecule has 148 valence electrons. The van der Waals surface area contributed by atoms with Crippen molar-refractivity contribution >= 4 is 17.3 Å². The molecule has 1 atom stereocenters. The summed E-state index contributed by atoms with van der Waals surface area (Å²) in [5.74, 6) is 0.690. The molecule has 3 rings (SSSR count). The fourth-order valence-corrected chi connectivity index (χ4v) is 3.63. The van der Waals surface area contributed by atoms with Crippen molar-refractivity contribution in [3.05, 3.63) is 76.2 Å². The van der Waals surface area contributed by atoms with Crippen LogP contribution >= 0.6 is 11.3 Å². The summed E-state index contributed by atoms with van der Waals surface area (Å²) in [5, 5.41) is 25.4. The van der Waals surface area contributed by atoms with Gasteiger partial charge in [-0.15, -0.1) is 0 Å². The maximum atomic E-state index is 10.7. The van der Waals surface area contributed by atoms with Crippen LogP contribution in [-0.4, -0.2) is 33.9 Å². The smallest absolute Gasteiger partial charge is 0.191 e. The lowest BCUT2D eigenvalue weighted by Gasteiger charge is -2.24. The fraction of sp³-hybridized carbons (Fsp3) is 0.333.